The van der Waals surface area contributed by atoms with Crippen LogP contribution in [0, 0.1) is 0 Å². The van der Waals surface area contributed by atoms with Gasteiger partial charge in [0.1, 0.15) is 11.4 Å². The number of aromatic nitrogens is 4. The van der Waals surface area contributed by atoms with Gasteiger partial charge < -0.3 is 20.5 Å². The van der Waals surface area contributed by atoms with Crippen LogP contribution < -0.4 is 20.5 Å². The van der Waals surface area contributed by atoms with E-state index in [0.717, 1.165) is 0 Å². The molecule has 3 heterocycles. The van der Waals surface area contributed by atoms with E-state index < -0.39 is 5.91 Å². The van der Waals surface area contributed by atoms with Gasteiger partial charge in [0.25, 0.3) is 11.8 Å². The molecule has 0 unspecified atom stereocenters. The number of nitrogens with one attached hydrogen (secondary N) is 1. The first-order valence-electron chi connectivity index (χ1n) is 9.53. The fourth-order valence-corrected chi connectivity index (χ4v) is 3.41. The Labute approximate surface area is 182 Å². The molecule has 0 spiro atoms. The Morgan fingerprint density at radius 3 is 2.87 bits per heavy atom. The lowest BCUT2D eigenvalue weighted by atomic mass is 10.1. The Kier molecular flexibility index (Phi) is 5.72. The van der Waals surface area contributed by atoms with E-state index >= 15 is 0 Å². The molecule has 4 rings (SSSR count). The van der Waals surface area contributed by atoms with Crippen molar-refractivity contribution in [1.82, 2.24) is 25.1 Å². The maximum Gasteiger partial charge on any atom is 0.269 e. The van der Waals surface area contributed by atoms with Crippen LogP contribution in [0.5, 0.6) is 11.5 Å². The highest BCUT2D eigenvalue weighted by Crippen LogP contribution is 2.39. The topological polar surface area (TPSA) is 134 Å². The number of benzene rings is 1. The molecule has 11 heteroatoms. The first-order valence-corrected chi connectivity index (χ1v) is 9.91. The summed E-state index contributed by atoms with van der Waals surface area (Å²) >= 11 is 6.37. The Hall–Kier alpha value is -3.66. The molecule has 0 bridgehead atoms. The summed E-state index contributed by atoms with van der Waals surface area (Å²) in [6.45, 7) is 2.97. The maximum absolute atomic E-state index is 12.0. The van der Waals surface area contributed by atoms with Gasteiger partial charge in [0.05, 0.1) is 23.9 Å². The highest BCUT2D eigenvalue weighted by Gasteiger charge is 2.21. The molecule has 0 aliphatic carbocycles. The molecular formula is C20H19ClN6O4. The van der Waals surface area contributed by atoms with Gasteiger partial charge in [-0.05, 0) is 31.2 Å². The number of amides is 2. The van der Waals surface area contributed by atoms with Crippen LogP contribution in [0.1, 0.15) is 17.4 Å². The van der Waals surface area contributed by atoms with Gasteiger partial charge in [-0.2, -0.15) is 5.10 Å². The summed E-state index contributed by atoms with van der Waals surface area (Å²) in [4.78, 5) is 32.0. The third kappa shape index (κ3) is 4.29. The van der Waals surface area contributed by atoms with Crippen molar-refractivity contribution < 1.29 is 19.1 Å². The second-order valence-corrected chi connectivity index (χ2v) is 7.04. The van der Waals surface area contributed by atoms with Crippen molar-refractivity contribution in [3.8, 4) is 34.3 Å². The number of rotatable bonds is 7. The van der Waals surface area contributed by atoms with Crippen molar-refractivity contribution >= 4 is 23.4 Å². The lowest BCUT2D eigenvalue weighted by Crippen LogP contribution is -2.35. The van der Waals surface area contributed by atoms with Gasteiger partial charge in [-0.15, -0.1) is 0 Å². The molecular weight excluding hydrogens is 424 g/mol. The minimum atomic E-state index is -0.630. The van der Waals surface area contributed by atoms with Crippen LogP contribution in [0.3, 0.4) is 0 Å². The molecule has 160 valence electrons. The van der Waals surface area contributed by atoms with Crippen molar-refractivity contribution in [2.24, 2.45) is 5.73 Å². The number of halogens is 1. The fourth-order valence-electron chi connectivity index (χ4n) is 3.14. The molecule has 1 aromatic carbocycles. The molecule has 3 aromatic rings. The molecule has 3 N–H and O–H groups in total. The summed E-state index contributed by atoms with van der Waals surface area (Å²) in [5, 5.41) is 7.49. The minimum Gasteiger partial charge on any atom is -0.490 e. The summed E-state index contributed by atoms with van der Waals surface area (Å²) in [7, 11) is 0. The molecule has 2 amide bonds. The van der Waals surface area contributed by atoms with Crippen molar-refractivity contribution in [3.63, 3.8) is 0 Å². The molecule has 0 saturated heterocycles. The Bertz CT molecular complexity index is 1160. The Morgan fingerprint density at radius 1 is 1.29 bits per heavy atom. The zero-order valence-electron chi connectivity index (χ0n) is 16.6. The molecule has 0 atom stereocenters. The summed E-state index contributed by atoms with van der Waals surface area (Å²) in [6.07, 6.45) is 1.60. The molecule has 10 nitrogen and oxygen atoms in total. The molecule has 0 saturated carbocycles. The molecule has 1 aliphatic rings. The van der Waals surface area contributed by atoms with E-state index in [9.17, 15) is 9.59 Å². The quantitative estimate of drug-likeness (QED) is 0.568. The number of hydrogen-bond acceptors (Lipinski definition) is 7. The van der Waals surface area contributed by atoms with Gasteiger partial charge in [-0.25, -0.2) is 9.97 Å². The van der Waals surface area contributed by atoms with Crippen LogP contribution in [0.4, 0.5) is 0 Å². The zero-order valence-corrected chi connectivity index (χ0v) is 17.3. The molecule has 31 heavy (non-hydrogen) atoms. The van der Waals surface area contributed by atoms with Gasteiger partial charge >= 0.3 is 0 Å². The maximum atomic E-state index is 12.0. The lowest BCUT2D eigenvalue weighted by molar-refractivity contribution is -0.119. The molecule has 0 radical (unpaired) electrons. The van der Waals surface area contributed by atoms with Crippen molar-refractivity contribution in [2.75, 3.05) is 19.8 Å². The lowest BCUT2D eigenvalue weighted by Gasteiger charge is -2.14. The predicted molar refractivity (Wildman–Crippen MR) is 112 cm³/mol. The van der Waals surface area contributed by atoms with Crippen LogP contribution in [-0.2, 0) is 11.3 Å². The second kappa shape index (κ2) is 8.60. The summed E-state index contributed by atoms with van der Waals surface area (Å²) in [5.41, 5.74) is 7.34. The fraction of sp³-hybridized carbons (Fsp3) is 0.250. The van der Waals surface area contributed by atoms with Crippen molar-refractivity contribution in [1.29, 1.82) is 0 Å². The number of nitrogens with zero attached hydrogens (tertiary/aromatic N) is 4. The van der Waals surface area contributed by atoms with Gasteiger partial charge in [0, 0.05) is 18.3 Å². The highest BCUT2D eigenvalue weighted by atomic mass is 35.5. The average Bonchev–Trinajstić information content (AvgIpc) is 3.19. The Balaban J connectivity index is 1.70. The highest BCUT2D eigenvalue weighted by molar-refractivity contribution is 6.32. The smallest absolute Gasteiger partial charge is 0.269 e. The average molecular weight is 443 g/mol. The molecule has 1 aliphatic heterocycles. The van der Waals surface area contributed by atoms with E-state index in [1.165, 1.54) is 0 Å². The predicted octanol–water partition coefficient (Wildman–Crippen LogP) is 1.67. The number of primary amides is 1. The van der Waals surface area contributed by atoms with Crippen molar-refractivity contribution in [3.05, 3.63) is 41.2 Å². The van der Waals surface area contributed by atoms with Crippen LogP contribution in [0.2, 0.25) is 5.02 Å². The van der Waals surface area contributed by atoms with Gasteiger partial charge in [0.2, 0.25) is 0 Å². The van der Waals surface area contributed by atoms with Crippen LogP contribution >= 0.6 is 11.6 Å². The SMILES string of the molecule is CCOc1cc(-c2nccc(-c3cc4n(n3)CCNC4=O)n2)cc(Cl)c1OCC(N)=O. The first kappa shape index (κ1) is 20.6. The summed E-state index contributed by atoms with van der Waals surface area (Å²) in [6, 6.07) is 6.70. The summed E-state index contributed by atoms with van der Waals surface area (Å²) < 4.78 is 12.7. The van der Waals surface area contributed by atoms with E-state index in [0.29, 0.717) is 53.9 Å². The van der Waals surface area contributed by atoms with Gasteiger partial charge in [-0.1, -0.05) is 11.6 Å². The minimum absolute atomic E-state index is 0.168. The van der Waals surface area contributed by atoms with E-state index in [2.05, 4.69) is 20.4 Å². The first-order chi connectivity index (χ1) is 15.0. The third-order valence-electron chi connectivity index (χ3n) is 4.47. The normalized spacial score (nSPS) is 12.8. The standard InChI is InChI=1S/C20H19ClN6O4/c1-2-30-16-8-11(7-12(21)18(16)31-10-17(22)28)19-23-4-3-13(25-19)14-9-15-20(29)24-5-6-27(15)26-14/h3-4,7-9H,2,5-6,10H2,1H3,(H2,22,28)(H,24,29). The van der Waals surface area contributed by atoms with E-state index in [1.807, 2.05) is 6.92 Å². The van der Waals surface area contributed by atoms with E-state index in [-0.39, 0.29) is 23.3 Å². The summed E-state index contributed by atoms with van der Waals surface area (Å²) in [5.74, 6) is 0.149. The van der Waals surface area contributed by atoms with Gasteiger partial charge in [-0.3, -0.25) is 14.3 Å². The number of hydrogen-bond donors (Lipinski definition) is 2. The number of carbonyl (C=O) groups is 2. The third-order valence-corrected chi connectivity index (χ3v) is 4.75. The van der Waals surface area contributed by atoms with E-state index in [4.69, 9.17) is 26.8 Å². The van der Waals surface area contributed by atoms with Crippen LogP contribution in [0.15, 0.2) is 30.5 Å². The molecule has 2 aromatic heterocycles. The number of ether oxygens (including phenoxy) is 2. The second-order valence-electron chi connectivity index (χ2n) is 6.63. The van der Waals surface area contributed by atoms with Crippen LogP contribution in [-0.4, -0.2) is 51.3 Å². The zero-order chi connectivity index (χ0) is 22.0. The monoisotopic (exact) mass is 442 g/mol. The molecule has 0 fully saturated rings. The number of fused-ring (bicyclic) bond motifs is 1. The number of nitrogens with two attached hydrogens (primary N) is 1. The van der Waals surface area contributed by atoms with E-state index in [1.54, 1.807) is 35.1 Å². The van der Waals surface area contributed by atoms with Crippen LogP contribution in [0.25, 0.3) is 22.8 Å². The largest absolute Gasteiger partial charge is 0.490 e. The van der Waals surface area contributed by atoms with Gasteiger partial charge in [0.15, 0.2) is 23.9 Å². The van der Waals surface area contributed by atoms with Crippen molar-refractivity contribution in [2.45, 2.75) is 13.5 Å². The Morgan fingerprint density at radius 2 is 2.13 bits per heavy atom. The number of carbonyl (C=O) groups excluding carboxylic acids is 2.